The van der Waals surface area contributed by atoms with Gasteiger partial charge in [-0.05, 0) is 45.7 Å². The highest BCUT2D eigenvalue weighted by Gasteiger charge is 2.25. The van der Waals surface area contributed by atoms with Gasteiger partial charge in [-0.25, -0.2) is 9.59 Å². The lowest BCUT2D eigenvalue weighted by atomic mass is 10.1. The third-order valence-electron chi connectivity index (χ3n) is 3.65. The molecule has 1 N–H and O–H groups in total. The Bertz CT molecular complexity index is 687. The minimum Gasteiger partial charge on any atom is -0.462 e. The Morgan fingerprint density at radius 3 is 2.54 bits per heavy atom. The van der Waals surface area contributed by atoms with Gasteiger partial charge < -0.3 is 19.4 Å². The van der Waals surface area contributed by atoms with Crippen LogP contribution in [0, 0.1) is 0 Å². The van der Waals surface area contributed by atoms with E-state index >= 15 is 0 Å². The lowest BCUT2D eigenvalue weighted by Gasteiger charge is -2.26. The molecular weight excluding hydrogens is 312 g/mol. The maximum Gasteiger partial charge on any atom is 0.410 e. The predicted molar refractivity (Wildman–Crippen MR) is 88.2 cm³/mol. The molecule has 0 saturated heterocycles. The lowest BCUT2D eigenvalue weighted by Crippen LogP contribution is -2.38. The van der Waals surface area contributed by atoms with E-state index in [1.165, 1.54) is 0 Å². The molecule has 1 aromatic heterocycles. The molecule has 24 heavy (non-hydrogen) atoms. The first kappa shape index (κ1) is 18.0. The zero-order chi connectivity index (χ0) is 17.9. The van der Waals surface area contributed by atoms with Crippen molar-refractivity contribution in [1.82, 2.24) is 9.88 Å². The molecule has 2 heterocycles. The molecule has 0 saturated carbocycles. The molecule has 0 unspecified atom stereocenters. The monoisotopic (exact) mass is 336 g/mol. The minimum absolute atomic E-state index is 0.00122. The van der Waals surface area contributed by atoms with Crippen LogP contribution in [0.25, 0.3) is 0 Å². The number of nitrogens with zero attached hydrogens (tertiary/aromatic N) is 1. The zero-order valence-electron chi connectivity index (χ0n) is 14.6. The van der Waals surface area contributed by atoms with Crippen LogP contribution in [0.5, 0.6) is 0 Å². The van der Waals surface area contributed by atoms with Gasteiger partial charge >= 0.3 is 12.1 Å². The van der Waals surface area contributed by atoms with E-state index in [9.17, 15) is 14.4 Å². The van der Waals surface area contributed by atoms with Crippen molar-refractivity contribution in [2.45, 2.75) is 46.1 Å². The molecule has 0 atom stereocenters. The molecule has 2 rings (SSSR count). The van der Waals surface area contributed by atoms with Crippen LogP contribution in [-0.4, -0.2) is 47.2 Å². The number of fused-ring (bicyclic) bond motifs is 1. The fraction of sp³-hybridized carbons (Fsp3) is 0.588. The summed E-state index contributed by atoms with van der Waals surface area (Å²) in [4.78, 5) is 40.5. The number of amides is 1. The Balaban J connectivity index is 2.17. The molecular formula is C17H24N2O5. The van der Waals surface area contributed by atoms with Gasteiger partial charge in [0, 0.05) is 25.2 Å². The summed E-state index contributed by atoms with van der Waals surface area (Å²) in [6, 6.07) is 1.57. The number of carbonyl (C=O) groups excluding carboxylic acids is 2. The van der Waals surface area contributed by atoms with Gasteiger partial charge in [-0.3, -0.25) is 4.79 Å². The zero-order valence-corrected chi connectivity index (χ0v) is 14.6. The second-order valence-electron chi connectivity index (χ2n) is 6.70. The summed E-state index contributed by atoms with van der Waals surface area (Å²) in [5, 5.41) is 0. The third-order valence-corrected chi connectivity index (χ3v) is 3.65. The number of carbonyl (C=O) groups is 2. The number of hydrogen-bond donors (Lipinski definition) is 1. The van der Waals surface area contributed by atoms with E-state index in [1.807, 2.05) is 20.8 Å². The Hall–Kier alpha value is -2.31. The second kappa shape index (κ2) is 7.07. The van der Waals surface area contributed by atoms with Gasteiger partial charge in [-0.15, -0.1) is 0 Å². The van der Waals surface area contributed by atoms with Crippen LogP contribution in [0.2, 0.25) is 0 Å². The Morgan fingerprint density at radius 2 is 1.92 bits per heavy atom. The van der Waals surface area contributed by atoms with E-state index in [-0.39, 0.29) is 18.3 Å². The number of aromatic nitrogens is 1. The minimum atomic E-state index is -0.630. The number of rotatable bonds is 2. The number of ether oxygens (including phenoxy) is 2. The number of pyridine rings is 1. The van der Waals surface area contributed by atoms with Gasteiger partial charge in [0.05, 0.1) is 6.61 Å². The van der Waals surface area contributed by atoms with Crippen LogP contribution >= 0.6 is 0 Å². The van der Waals surface area contributed by atoms with Gasteiger partial charge in [0.25, 0.3) is 5.56 Å². The van der Waals surface area contributed by atoms with Crippen LogP contribution in [0.1, 0.15) is 49.3 Å². The maximum atomic E-state index is 12.2. The summed E-state index contributed by atoms with van der Waals surface area (Å²) in [7, 11) is 0. The summed E-state index contributed by atoms with van der Waals surface area (Å²) >= 11 is 0. The summed E-state index contributed by atoms with van der Waals surface area (Å²) in [6.45, 7) is 8.28. The van der Waals surface area contributed by atoms with Crippen molar-refractivity contribution >= 4 is 12.1 Å². The van der Waals surface area contributed by atoms with Crippen LogP contribution in [-0.2, 0) is 22.3 Å². The van der Waals surface area contributed by atoms with Gasteiger partial charge in [-0.2, -0.15) is 0 Å². The first-order chi connectivity index (χ1) is 11.2. The third kappa shape index (κ3) is 4.37. The lowest BCUT2D eigenvalue weighted by molar-refractivity contribution is 0.0258. The average Bonchev–Trinajstić information content (AvgIpc) is 2.67. The topological polar surface area (TPSA) is 88.7 Å². The fourth-order valence-electron chi connectivity index (χ4n) is 2.54. The quantitative estimate of drug-likeness (QED) is 0.833. The highest BCUT2D eigenvalue weighted by Crippen LogP contribution is 2.17. The van der Waals surface area contributed by atoms with Crippen molar-refractivity contribution in [3.8, 4) is 0 Å². The molecule has 0 aliphatic carbocycles. The molecule has 0 spiro atoms. The van der Waals surface area contributed by atoms with Crippen molar-refractivity contribution in [1.29, 1.82) is 0 Å². The van der Waals surface area contributed by atoms with Crippen LogP contribution in [0.4, 0.5) is 4.79 Å². The van der Waals surface area contributed by atoms with Crippen LogP contribution in [0.3, 0.4) is 0 Å². The summed E-state index contributed by atoms with van der Waals surface area (Å²) in [5.74, 6) is -0.630. The van der Waals surface area contributed by atoms with E-state index in [2.05, 4.69) is 4.98 Å². The molecule has 1 aliphatic heterocycles. The average molecular weight is 336 g/mol. The highest BCUT2D eigenvalue weighted by molar-refractivity contribution is 5.89. The highest BCUT2D eigenvalue weighted by atomic mass is 16.6. The summed E-state index contributed by atoms with van der Waals surface area (Å²) < 4.78 is 10.3. The van der Waals surface area contributed by atoms with Crippen molar-refractivity contribution in [2.24, 2.45) is 0 Å². The Kier molecular flexibility index (Phi) is 5.31. The van der Waals surface area contributed by atoms with Crippen molar-refractivity contribution in [2.75, 3.05) is 19.7 Å². The van der Waals surface area contributed by atoms with Gasteiger partial charge in [-0.1, -0.05) is 0 Å². The smallest absolute Gasteiger partial charge is 0.410 e. The standard InChI is InChI=1S/C17H24N2O5/c1-5-23-15(21)12-10-11-6-8-19(16(22)24-17(2,3)4)9-7-13(11)18-14(12)20/h10H,5-9H2,1-4H3,(H,18,20). The van der Waals surface area contributed by atoms with Gasteiger partial charge in [0.2, 0.25) is 0 Å². The Morgan fingerprint density at radius 1 is 1.25 bits per heavy atom. The Labute approximate surface area is 140 Å². The SMILES string of the molecule is CCOC(=O)c1cc2c([nH]c1=O)CCN(C(=O)OC(C)(C)C)CC2. The first-order valence-electron chi connectivity index (χ1n) is 8.11. The van der Waals surface area contributed by atoms with E-state index in [4.69, 9.17) is 9.47 Å². The van der Waals surface area contributed by atoms with Crippen molar-refractivity contribution in [3.63, 3.8) is 0 Å². The summed E-state index contributed by atoms with van der Waals surface area (Å²) in [6.07, 6.45) is 0.674. The molecule has 0 bridgehead atoms. The maximum absolute atomic E-state index is 12.2. The molecule has 1 aromatic rings. The van der Waals surface area contributed by atoms with E-state index in [1.54, 1.807) is 17.9 Å². The second-order valence-corrected chi connectivity index (χ2v) is 6.70. The molecule has 0 aromatic carbocycles. The fourth-order valence-corrected chi connectivity index (χ4v) is 2.54. The van der Waals surface area contributed by atoms with Crippen LogP contribution in [0.15, 0.2) is 10.9 Å². The van der Waals surface area contributed by atoms with E-state index in [0.29, 0.717) is 25.9 Å². The van der Waals surface area contributed by atoms with Crippen molar-refractivity contribution in [3.05, 3.63) is 33.2 Å². The predicted octanol–water partition coefficient (Wildman–Crippen LogP) is 1.89. The number of nitrogens with one attached hydrogen (secondary N) is 1. The molecule has 1 aliphatic rings. The molecule has 132 valence electrons. The number of H-pyrrole nitrogens is 1. The first-order valence-corrected chi connectivity index (χ1v) is 8.11. The summed E-state index contributed by atoms with van der Waals surface area (Å²) in [5.41, 5.74) is 0.587. The molecule has 0 fully saturated rings. The molecule has 7 nitrogen and oxygen atoms in total. The molecule has 7 heteroatoms. The number of hydrogen-bond acceptors (Lipinski definition) is 5. The normalized spacial score (nSPS) is 14.6. The molecule has 0 radical (unpaired) electrons. The van der Waals surface area contributed by atoms with Gasteiger partial charge in [0.1, 0.15) is 11.2 Å². The number of esters is 1. The van der Waals surface area contributed by atoms with E-state index < -0.39 is 17.1 Å². The van der Waals surface area contributed by atoms with Gasteiger partial charge in [0.15, 0.2) is 0 Å². The van der Waals surface area contributed by atoms with E-state index in [0.717, 1.165) is 11.3 Å². The van der Waals surface area contributed by atoms with Crippen molar-refractivity contribution < 1.29 is 19.1 Å². The molecule has 1 amide bonds. The largest absolute Gasteiger partial charge is 0.462 e. The number of aromatic amines is 1. The van der Waals surface area contributed by atoms with Crippen LogP contribution < -0.4 is 5.56 Å².